The Labute approximate surface area is 212 Å². The maximum Gasteiger partial charge on any atom is 0.524 e. The average Bonchev–Trinajstić information content (AvgIpc) is 3.21. The van der Waals surface area contributed by atoms with Gasteiger partial charge in [0.15, 0.2) is 17.3 Å². The second kappa shape index (κ2) is 10.6. The van der Waals surface area contributed by atoms with Crippen molar-refractivity contribution >= 4 is 41.5 Å². The van der Waals surface area contributed by atoms with Gasteiger partial charge in [0.05, 0.1) is 17.6 Å². The number of nitrogens with zero attached hydrogens (tertiary/aromatic N) is 3. The number of phosphoric acid groups is 1. The van der Waals surface area contributed by atoms with Gasteiger partial charge in [-0.3, -0.25) is 14.6 Å². The molecule has 6 N–H and O–H groups in total. The number of amides is 1. The van der Waals surface area contributed by atoms with E-state index in [-0.39, 0.29) is 29.8 Å². The van der Waals surface area contributed by atoms with E-state index in [9.17, 15) is 24.3 Å². The zero-order chi connectivity index (χ0) is 26.7. The highest BCUT2D eigenvalue weighted by molar-refractivity contribution is 7.46. The molecule has 0 saturated heterocycles. The molecule has 0 aliphatic carbocycles. The van der Waals surface area contributed by atoms with Crippen LogP contribution in [0.25, 0.3) is 21.9 Å². The van der Waals surface area contributed by atoms with Crippen molar-refractivity contribution in [3.63, 3.8) is 0 Å². The van der Waals surface area contributed by atoms with E-state index in [1.807, 2.05) is 22.8 Å². The lowest BCUT2D eigenvalue weighted by Crippen LogP contribution is -2.19. The predicted molar refractivity (Wildman–Crippen MR) is 140 cm³/mol. The van der Waals surface area contributed by atoms with Crippen molar-refractivity contribution in [1.82, 2.24) is 19.9 Å². The summed E-state index contributed by atoms with van der Waals surface area (Å²) in [5.41, 5.74) is 9.38. The number of carbonyl (C=O) groups excluding carboxylic acids is 1. The van der Waals surface area contributed by atoms with Crippen molar-refractivity contribution in [3.05, 3.63) is 66.0 Å². The van der Waals surface area contributed by atoms with Gasteiger partial charge in [0, 0.05) is 23.9 Å². The number of aryl methyl sites for hydroxylation is 1. The number of phosphoric ester groups is 1. The lowest BCUT2D eigenvalue weighted by atomic mass is 10.1. The minimum atomic E-state index is -4.86. The number of aromatic nitrogens is 3. The van der Waals surface area contributed by atoms with Crippen LogP contribution in [0, 0.1) is 0 Å². The van der Waals surface area contributed by atoms with Gasteiger partial charge < -0.3 is 25.2 Å². The number of imidazole rings is 1. The normalized spacial score (nSPS) is 11.6. The number of carbonyl (C=O) groups is 1. The van der Waals surface area contributed by atoms with Gasteiger partial charge in [-0.15, -0.1) is 0 Å². The van der Waals surface area contributed by atoms with Crippen LogP contribution >= 0.6 is 7.82 Å². The molecule has 4 aromatic rings. The Morgan fingerprint density at radius 1 is 1.27 bits per heavy atom. The number of para-hydroxylation sites is 1. The molecule has 0 radical (unpaired) electrons. The standard InChI is InChI=1S/C25H28N5O6P/c1-3-5-9-20-29-22-23(30(20)14-16-7-6-8-19(24(16)32)36-37(33,34)35)17-11-10-15(13-27-21(31)4-2)12-18(17)28-25(22)26/h4,6-8,10-12,32H,2-3,5,9,13-14H2,1H3,(H2,26,28)(H,27,31)(H2,33,34,35). The van der Waals surface area contributed by atoms with Crippen LogP contribution in [0.4, 0.5) is 5.82 Å². The number of hydrogen-bond acceptors (Lipinski definition) is 7. The van der Waals surface area contributed by atoms with Crippen molar-refractivity contribution in [3.8, 4) is 11.5 Å². The number of phenolic OH excluding ortho intramolecular Hbond substituents is 1. The zero-order valence-electron chi connectivity index (χ0n) is 20.2. The fourth-order valence-electron chi connectivity index (χ4n) is 4.14. The Hall–Kier alpha value is -3.92. The summed E-state index contributed by atoms with van der Waals surface area (Å²) in [4.78, 5) is 39.3. The number of unbranched alkanes of at least 4 members (excludes halogenated alkanes) is 1. The predicted octanol–water partition coefficient (Wildman–Crippen LogP) is 3.54. The molecule has 2 aromatic heterocycles. The van der Waals surface area contributed by atoms with Crippen molar-refractivity contribution in [2.24, 2.45) is 0 Å². The molecule has 2 heterocycles. The van der Waals surface area contributed by atoms with E-state index in [0.29, 0.717) is 29.6 Å². The maximum absolute atomic E-state index is 11.6. The number of hydrogen-bond donors (Lipinski definition) is 5. The van der Waals surface area contributed by atoms with Crippen LogP contribution < -0.4 is 15.6 Å². The van der Waals surface area contributed by atoms with Gasteiger partial charge >= 0.3 is 7.82 Å². The number of anilines is 1. The summed E-state index contributed by atoms with van der Waals surface area (Å²) in [5, 5.41) is 14.3. The number of nitrogens with two attached hydrogens (primary N) is 1. The third-order valence-corrected chi connectivity index (χ3v) is 6.32. The fourth-order valence-corrected chi connectivity index (χ4v) is 4.54. The number of fused-ring (bicyclic) bond motifs is 3. The van der Waals surface area contributed by atoms with E-state index in [0.717, 1.165) is 35.1 Å². The van der Waals surface area contributed by atoms with E-state index < -0.39 is 7.82 Å². The molecule has 0 bridgehead atoms. The summed E-state index contributed by atoms with van der Waals surface area (Å²) < 4.78 is 17.9. The Balaban J connectivity index is 1.85. The van der Waals surface area contributed by atoms with Gasteiger partial charge in [0.2, 0.25) is 5.91 Å². The molecule has 0 unspecified atom stereocenters. The van der Waals surface area contributed by atoms with E-state index in [2.05, 4.69) is 28.3 Å². The van der Waals surface area contributed by atoms with Crippen molar-refractivity contribution < 1.29 is 28.8 Å². The molecule has 194 valence electrons. The minimum absolute atomic E-state index is 0.148. The van der Waals surface area contributed by atoms with Crippen LogP contribution in [-0.4, -0.2) is 35.3 Å². The highest BCUT2D eigenvalue weighted by Gasteiger charge is 2.22. The molecule has 1 amide bonds. The summed E-state index contributed by atoms with van der Waals surface area (Å²) in [5.74, 6) is 0.00436. The fraction of sp³-hybridized carbons (Fsp3) is 0.240. The Kier molecular flexibility index (Phi) is 7.49. The topological polar surface area (TPSA) is 173 Å². The third kappa shape index (κ3) is 5.75. The van der Waals surface area contributed by atoms with Crippen LogP contribution in [0.1, 0.15) is 36.7 Å². The number of phenols is 1. The van der Waals surface area contributed by atoms with Crippen molar-refractivity contribution in [2.45, 2.75) is 39.3 Å². The number of pyridine rings is 1. The highest BCUT2D eigenvalue weighted by atomic mass is 31.2. The molecular formula is C25H28N5O6P. The van der Waals surface area contributed by atoms with Gasteiger partial charge in [-0.05, 0) is 30.2 Å². The monoisotopic (exact) mass is 525 g/mol. The molecule has 0 fully saturated rings. The number of nitrogens with one attached hydrogen (secondary N) is 1. The SMILES string of the molecule is C=CC(=O)NCc1ccc2c(c1)nc(N)c1nc(CCCC)n(Cc3cccc(OP(=O)(O)O)c3O)c12. The molecule has 0 aliphatic heterocycles. The molecule has 4 rings (SSSR count). The molecule has 12 heteroatoms. The van der Waals surface area contributed by atoms with Gasteiger partial charge in [0.1, 0.15) is 11.3 Å². The minimum Gasteiger partial charge on any atom is -0.504 e. The Morgan fingerprint density at radius 3 is 2.76 bits per heavy atom. The van der Waals surface area contributed by atoms with E-state index in [1.165, 1.54) is 12.1 Å². The van der Waals surface area contributed by atoms with Crippen LogP contribution in [0.2, 0.25) is 0 Å². The first kappa shape index (κ1) is 26.2. The molecule has 0 spiro atoms. The molecule has 11 nitrogen and oxygen atoms in total. The van der Waals surface area contributed by atoms with Crippen molar-refractivity contribution in [1.29, 1.82) is 0 Å². The average molecular weight is 526 g/mol. The first-order valence-electron chi connectivity index (χ1n) is 11.6. The lowest BCUT2D eigenvalue weighted by Gasteiger charge is -2.15. The lowest BCUT2D eigenvalue weighted by molar-refractivity contribution is -0.116. The number of nitrogen functional groups attached to an aromatic ring is 1. The van der Waals surface area contributed by atoms with E-state index in [4.69, 9.17) is 10.7 Å². The molecule has 0 atom stereocenters. The molecule has 37 heavy (non-hydrogen) atoms. The van der Waals surface area contributed by atoms with Gasteiger partial charge in [-0.25, -0.2) is 14.5 Å². The van der Waals surface area contributed by atoms with Gasteiger partial charge in [-0.1, -0.05) is 44.2 Å². The van der Waals surface area contributed by atoms with E-state index in [1.54, 1.807) is 12.1 Å². The smallest absolute Gasteiger partial charge is 0.504 e. The first-order valence-corrected chi connectivity index (χ1v) is 13.2. The van der Waals surface area contributed by atoms with Crippen LogP contribution in [-0.2, 0) is 28.9 Å². The Morgan fingerprint density at radius 2 is 2.05 bits per heavy atom. The quantitative estimate of drug-likeness (QED) is 0.153. The number of aromatic hydroxyl groups is 1. The van der Waals surface area contributed by atoms with Crippen molar-refractivity contribution in [2.75, 3.05) is 5.73 Å². The summed E-state index contributed by atoms with van der Waals surface area (Å²) in [6.07, 6.45) is 3.66. The number of rotatable bonds is 10. The van der Waals surface area contributed by atoms with E-state index >= 15 is 0 Å². The van der Waals surface area contributed by atoms with Crippen LogP contribution in [0.5, 0.6) is 11.5 Å². The summed E-state index contributed by atoms with van der Waals surface area (Å²) >= 11 is 0. The Bertz CT molecular complexity index is 1540. The van der Waals surface area contributed by atoms with Gasteiger partial charge in [0.25, 0.3) is 0 Å². The molecule has 0 saturated carbocycles. The summed E-state index contributed by atoms with van der Waals surface area (Å²) in [7, 11) is -4.86. The first-order chi connectivity index (χ1) is 17.6. The molecular weight excluding hydrogens is 497 g/mol. The maximum atomic E-state index is 11.6. The number of benzene rings is 2. The molecule has 0 aliphatic rings. The summed E-state index contributed by atoms with van der Waals surface area (Å²) in [6, 6.07) is 10.1. The second-order valence-electron chi connectivity index (χ2n) is 8.53. The largest absolute Gasteiger partial charge is 0.524 e. The molecule has 2 aromatic carbocycles. The second-order valence-corrected chi connectivity index (χ2v) is 9.69. The third-order valence-electron chi connectivity index (χ3n) is 5.88. The zero-order valence-corrected chi connectivity index (χ0v) is 21.1. The summed E-state index contributed by atoms with van der Waals surface area (Å²) in [6.45, 7) is 5.96. The van der Waals surface area contributed by atoms with Gasteiger partial charge in [-0.2, -0.15) is 0 Å². The highest BCUT2D eigenvalue weighted by Crippen LogP contribution is 2.43. The van der Waals surface area contributed by atoms with Crippen LogP contribution in [0.3, 0.4) is 0 Å². The van der Waals surface area contributed by atoms with Crippen LogP contribution in [0.15, 0.2) is 49.1 Å².